The van der Waals surface area contributed by atoms with Crippen molar-refractivity contribution < 1.29 is 4.79 Å². The number of hydrogen-bond donors (Lipinski definition) is 2. The SMILES string of the molecule is Cc1ncncc1C(=O)NCC(N)C1CC1. The van der Waals surface area contributed by atoms with Crippen LogP contribution in [0.4, 0.5) is 0 Å². The van der Waals surface area contributed by atoms with Gasteiger partial charge in [-0.2, -0.15) is 0 Å². The molecule has 5 nitrogen and oxygen atoms in total. The third kappa shape index (κ3) is 2.55. The highest BCUT2D eigenvalue weighted by Crippen LogP contribution is 2.31. The first-order chi connectivity index (χ1) is 7.68. The second-order valence-electron chi connectivity index (χ2n) is 4.23. The predicted octanol–water partition coefficient (Wildman–Crippen LogP) is 0.252. The Kier molecular flexibility index (Phi) is 3.14. The van der Waals surface area contributed by atoms with Crippen molar-refractivity contribution >= 4 is 5.91 Å². The van der Waals surface area contributed by atoms with Crippen LogP contribution in [0.5, 0.6) is 0 Å². The Morgan fingerprint density at radius 1 is 1.69 bits per heavy atom. The Morgan fingerprint density at radius 3 is 3.06 bits per heavy atom. The van der Waals surface area contributed by atoms with E-state index in [9.17, 15) is 4.79 Å². The van der Waals surface area contributed by atoms with Crippen LogP contribution in [0.2, 0.25) is 0 Å². The number of aryl methyl sites for hydroxylation is 1. The monoisotopic (exact) mass is 220 g/mol. The summed E-state index contributed by atoms with van der Waals surface area (Å²) in [6.45, 7) is 2.31. The fourth-order valence-electron chi connectivity index (χ4n) is 1.61. The summed E-state index contributed by atoms with van der Waals surface area (Å²) in [6, 6.07) is 0.0777. The predicted molar refractivity (Wildman–Crippen MR) is 59.8 cm³/mol. The first kappa shape index (κ1) is 11.0. The molecule has 0 saturated heterocycles. The van der Waals surface area contributed by atoms with Gasteiger partial charge in [0.15, 0.2) is 0 Å². The summed E-state index contributed by atoms with van der Waals surface area (Å²) in [5.41, 5.74) is 7.10. The van der Waals surface area contributed by atoms with Gasteiger partial charge in [-0.25, -0.2) is 9.97 Å². The maximum atomic E-state index is 11.8. The lowest BCUT2D eigenvalue weighted by Gasteiger charge is -2.11. The number of amides is 1. The summed E-state index contributed by atoms with van der Waals surface area (Å²) in [5.74, 6) is 0.447. The second kappa shape index (κ2) is 4.57. The maximum absolute atomic E-state index is 11.8. The van der Waals surface area contributed by atoms with Gasteiger partial charge in [-0.05, 0) is 25.7 Å². The highest BCUT2D eigenvalue weighted by molar-refractivity contribution is 5.94. The zero-order valence-electron chi connectivity index (χ0n) is 9.31. The average Bonchev–Trinajstić information content (AvgIpc) is 3.10. The van der Waals surface area contributed by atoms with Crippen molar-refractivity contribution in [3.05, 3.63) is 23.8 Å². The molecule has 1 fully saturated rings. The number of carbonyl (C=O) groups is 1. The van der Waals surface area contributed by atoms with Crippen LogP contribution in [0.3, 0.4) is 0 Å². The van der Waals surface area contributed by atoms with Crippen molar-refractivity contribution in [2.75, 3.05) is 6.54 Å². The van der Waals surface area contributed by atoms with Gasteiger partial charge >= 0.3 is 0 Å². The van der Waals surface area contributed by atoms with E-state index < -0.39 is 0 Å². The number of hydrogen-bond acceptors (Lipinski definition) is 4. The molecule has 1 aliphatic rings. The fraction of sp³-hybridized carbons (Fsp3) is 0.545. The van der Waals surface area contributed by atoms with Gasteiger partial charge in [0.2, 0.25) is 0 Å². The van der Waals surface area contributed by atoms with E-state index in [4.69, 9.17) is 5.73 Å². The highest BCUT2D eigenvalue weighted by Gasteiger charge is 2.28. The first-order valence-electron chi connectivity index (χ1n) is 5.49. The van der Waals surface area contributed by atoms with E-state index in [0.717, 1.165) is 0 Å². The van der Waals surface area contributed by atoms with E-state index >= 15 is 0 Å². The molecule has 1 saturated carbocycles. The van der Waals surface area contributed by atoms with Crippen molar-refractivity contribution in [1.82, 2.24) is 15.3 Å². The summed E-state index contributed by atoms with van der Waals surface area (Å²) < 4.78 is 0. The largest absolute Gasteiger partial charge is 0.350 e. The van der Waals surface area contributed by atoms with E-state index in [0.29, 0.717) is 23.7 Å². The zero-order chi connectivity index (χ0) is 11.5. The van der Waals surface area contributed by atoms with Crippen molar-refractivity contribution in [2.24, 2.45) is 11.7 Å². The minimum Gasteiger partial charge on any atom is -0.350 e. The minimum atomic E-state index is -0.144. The van der Waals surface area contributed by atoms with Crippen LogP contribution in [0.25, 0.3) is 0 Å². The normalized spacial score (nSPS) is 16.9. The van der Waals surface area contributed by atoms with Crippen LogP contribution in [0.1, 0.15) is 28.9 Å². The molecule has 0 radical (unpaired) electrons. The molecule has 3 N–H and O–H groups in total. The molecule has 1 unspecified atom stereocenters. The number of nitrogens with two attached hydrogens (primary N) is 1. The number of nitrogens with one attached hydrogen (secondary N) is 1. The van der Waals surface area contributed by atoms with Gasteiger partial charge in [-0.15, -0.1) is 0 Å². The molecule has 1 atom stereocenters. The van der Waals surface area contributed by atoms with E-state index in [2.05, 4.69) is 15.3 Å². The van der Waals surface area contributed by atoms with Gasteiger partial charge in [-0.1, -0.05) is 0 Å². The lowest BCUT2D eigenvalue weighted by atomic mass is 10.2. The molecule has 0 aromatic carbocycles. The van der Waals surface area contributed by atoms with Crippen LogP contribution >= 0.6 is 0 Å². The molecular formula is C11H16N4O. The third-order valence-corrected chi connectivity index (χ3v) is 2.88. The van der Waals surface area contributed by atoms with Crippen LogP contribution in [-0.2, 0) is 0 Å². The number of aromatic nitrogens is 2. The van der Waals surface area contributed by atoms with Crippen LogP contribution in [-0.4, -0.2) is 28.5 Å². The minimum absolute atomic E-state index is 0.0777. The summed E-state index contributed by atoms with van der Waals surface area (Å²) in [5, 5.41) is 2.82. The average molecular weight is 220 g/mol. The molecule has 1 heterocycles. The zero-order valence-corrected chi connectivity index (χ0v) is 9.31. The number of nitrogens with zero attached hydrogens (tertiary/aromatic N) is 2. The molecule has 1 aromatic heterocycles. The lowest BCUT2D eigenvalue weighted by Crippen LogP contribution is -2.38. The van der Waals surface area contributed by atoms with Gasteiger partial charge in [0.25, 0.3) is 5.91 Å². The molecule has 0 spiro atoms. The lowest BCUT2D eigenvalue weighted by molar-refractivity contribution is 0.0949. The van der Waals surface area contributed by atoms with Crippen LogP contribution < -0.4 is 11.1 Å². The van der Waals surface area contributed by atoms with Gasteiger partial charge in [0.05, 0.1) is 11.3 Å². The Labute approximate surface area is 94.5 Å². The molecule has 1 amide bonds. The van der Waals surface area contributed by atoms with E-state index in [1.807, 2.05) is 0 Å². The molecule has 0 bridgehead atoms. The second-order valence-corrected chi connectivity index (χ2v) is 4.23. The van der Waals surface area contributed by atoms with Gasteiger partial charge in [0, 0.05) is 18.8 Å². The fourth-order valence-corrected chi connectivity index (χ4v) is 1.61. The van der Waals surface area contributed by atoms with Gasteiger partial charge in [-0.3, -0.25) is 4.79 Å². The summed E-state index contributed by atoms with van der Waals surface area (Å²) in [6.07, 6.45) is 5.33. The Balaban J connectivity index is 1.90. The highest BCUT2D eigenvalue weighted by atomic mass is 16.1. The summed E-state index contributed by atoms with van der Waals surface area (Å²) >= 11 is 0. The smallest absolute Gasteiger partial charge is 0.254 e. The molecular weight excluding hydrogens is 204 g/mol. The van der Waals surface area contributed by atoms with Crippen molar-refractivity contribution in [1.29, 1.82) is 0 Å². The van der Waals surface area contributed by atoms with Crippen molar-refractivity contribution in [3.63, 3.8) is 0 Å². The van der Waals surface area contributed by atoms with Gasteiger partial charge < -0.3 is 11.1 Å². The Morgan fingerprint density at radius 2 is 2.44 bits per heavy atom. The van der Waals surface area contributed by atoms with E-state index in [1.54, 1.807) is 6.92 Å². The molecule has 5 heteroatoms. The van der Waals surface area contributed by atoms with Crippen LogP contribution in [0, 0.1) is 12.8 Å². The summed E-state index contributed by atoms with van der Waals surface area (Å²) in [4.78, 5) is 19.6. The molecule has 0 aliphatic heterocycles. The van der Waals surface area contributed by atoms with E-state index in [-0.39, 0.29) is 11.9 Å². The topological polar surface area (TPSA) is 80.9 Å². The quantitative estimate of drug-likeness (QED) is 0.762. The molecule has 1 aromatic rings. The Hall–Kier alpha value is -1.49. The van der Waals surface area contributed by atoms with Crippen molar-refractivity contribution in [2.45, 2.75) is 25.8 Å². The molecule has 86 valence electrons. The van der Waals surface area contributed by atoms with E-state index in [1.165, 1.54) is 25.4 Å². The number of carbonyl (C=O) groups excluding carboxylic acids is 1. The maximum Gasteiger partial charge on any atom is 0.254 e. The molecule has 2 rings (SSSR count). The van der Waals surface area contributed by atoms with Crippen molar-refractivity contribution in [3.8, 4) is 0 Å². The standard InChI is InChI=1S/C11H16N4O/c1-7-9(4-13-6-15-7)11(16)14-5-10(12)8-2-3-8/h4,6,8,10H,2-3,5,12H2,1H3,(H,14,16). The third-order valence-electron chi connectivity index (χ3n) is 2.88. The molecule has 16 heavy (non-hydrogen) atoms. The summed E-state index contributed by atoms with van der Waals surface area (Å²) in [7, 11) is 0. The Bertz CT molecular complexity index is 389. The van der Waals surface area contributed by atoms with Gasteiger partial charge in [0.1, 0.15) is 6.33 Å². The first-order valence-corrected chi connectivity index (χ1v) is 5.49. The molecule has 1 aliphatic carbocycles. The van der Waals surface area contributed by atoms with Crippen LogP contribution in [0.15, 0.2) is 12.5 Å². The number of rotatable bonds is 4.